The number of aryl methyl sites for hydroxylation is 4. The maximum atomic E-state index is 6.01. The second-order valence-corrected chi connectivity index (χ2v) is 5.00. The van der Waals surface area contributed by atoms with Crippen molar-refractivity contribution in [2.24, 2.45) is 0 Å². The van der Waals surface area contributed by atoms with E-state index in [0.29, 0.717) is 24.0 Å². The van der Waals surface area contributed by atoms with Crippen molar-refractivity contribution in [2.45, 2.75) is 32.7 Å². The van der Waals surface area contributed by atoms with Gasteiger partial charge in [-0.05, 0) is 18.6 Å². The van der Waals surface area contributed by atoms with Gasteiger partial charge in [0.25, 0.3) is 0 Å². The van der Waals surface area contributed by atoms with Crippen LogP contribution < -0.4 is 0 Å². The Kier molecular flexibility index (Phi) is 3.44. The third-order valence-electron chi connectivity index (χ3n) is 3.31. The van der Waals surface area contributed by atoms with Crippen LogP contribution in [0.3, 0.4) is 0 Å². The summed E-state index contributed by atoms with van der Waals surface area (Å²) in [7, 11) is 0. The minimum atomic E-state index is 0.388. The second kappa shape index (κ2) is 5.25. The zero-order valence-electron chi connectivity index (χ0n) is 11.4. The van der Waals surface area contributed by atoms with Gasteiger partial charge < -0.3 is 9.09 Å². The Morgan fingerprint density at radius 2 is 2.10 bits per heavy atom. The van der Waals surface area contributed by atoms with Crippen molar-refractivity contribution in [2.75, 3.05) is 0 Å². The van der Waals surface area contributed by atoms with Crippen LogP contribution in [0.5, 0.6) is 0 Å². The Bertz CT molecular complexity index is 747. The number of hydrogen-bond acceptors (Lipinski definition) is 4. The third kappa shape index (κ3) is 2.29. The number of imidazole rings is 1. The van der Waals surface area contributed by atoms with Crippen molar-refractivity contribution in [1.82, 2.24) is 19.7 Å². The summed E-state index contributed by atoms with van der Waals surface area (Å²) in [4.78, 5) is 8.83. The smallest absolute Gasteiger partial charge is 0.223 e. The molecule has 0 unspecified atom stereocenters. The lowest BCUT2D eigenvalue weighted by Crippen LogP contribution is -2.06. The Morgan fingerprint density at radius 1 is 1.25 bits per heavy atom. The average Bonchev–Trinajstić information content (AvgIpc) is 3.01. The Balaban J connectivity index is 1.95. The zero-order valence-corrected chi connectivity index (χ0v) is 12.2. The van der Waals surface area contributed by atoms with Gasteiger partial charge in [-0.1, -0.05) is 17.3 Å². The molecule has 0 radical (unpaired) electrons. The maximum Gasteiger partial charge on any atom is 0.223 e. The molecule has 2 heterocycles. The van der Waals surface area contributed by atoms with Crippen LogP contribution in [0.25, 0.3) is 11.0 Å². The van der Waals surface area contributed by atoms with Crippen molar-refractivity contribution >= 4 is 22.6 Å². The fourth-order valence-corrected chi connectivity index (χ4v) is 2.55. The average molecular weight is 291 g/mol. The fourth-order valence-electron chi connectivity index (χ4n) is 2.34. The largest absolute Gasteiger partial charge is 0.340 e. The number of alkyl halides is 1. The Hall–Kier alpha value is -1.88. The summed E-state index contributed by atoms with van der Waals surface area (Å²) in [6.07, 6.45) is 0.695. The van der Waals surface area contributed by atoms with Crippen LogP contribution in [-0.4, -0.2) is 19.7 Å². The molecule has 3 aromatic rings. The van der Waals surface area contributed by atoms with E-state index in [1.54, 1.807) is 6.92 Å². The van der Waals surface area contributed by atoms with Crippen LogP contribution in [-0.2, 0) is 18.8 Å². The van der Waals surface area contributed by atoms with E-state index in [0.717, 1.165) is 29.0 Å². The summed E-state index contributed by atoms with van der Waals surface area (Å²) in [6, 6.07) is 6.15. The number of fused-ring (bicyclic) bond motifs is 1. The number of para-hydroxylation sites is 1. The number of halogens is 1. The van der Waals surface area contributed by atoms with Crippen LogP contribution >= 0.6 is 11.6 Å². The lowest BCUT2D eigenvalue weighted by molar-refractivity contribution is 0.386. The van der Waals surface area contributed by atoms with Gasteiger partial charge in [-0.3, -0.25) is 0 Å². The van der Waals surface area contributed by atoms with Gasteiger partial charge in [0.1, 0.15) is 5.82 Å². The highest BCUT2D eigenvalue weighted by Gasteiger charge is 2.12. The van der Waals surface area contributed by atoms with Crippen LogP contribution in [0, 0.1) is 13.8 Å². The molecule has 3 rings (SSSR count). The van der Waals surface area contributed by atoms with Gasteiger partial charge in [0.05, 0.1) is 16.9 Å². The molecule has 0 aliphatic rings. The second-order valence-electron chi connectivity index (χ2n) is 4.74. The molecule has 0 fully saturated rings. The van der Waals surface area contributed by atoms with Crippen molar-refractivity contribution in [3.05, 3.63) is 41.3 Å². The van der Waals surface area contributed by atoms with Gasteiger partial charge in [-0.25, -0.2) is 4.98 Å². The van der Waals surface area contributed by atoms with Gasteiger partial charge in [0.2, 0.25) is 5.89 Å². The van der Waals surface area contributed by atoms with Crippen LogP contribution in [0.4, 0.5) is 0 Å². The van der Waals surface area contributed by atoms with Crippen LogP contribution in [0.2, 0.25) is 0 Å². The van der Waals surface area contributed by atoms with E-state index in [-0.39, 0.29) is 0 Å². The van der Waals surface area contributed by atoms with Crippen molar-refractivity contribution in [1.29, 1.82) is 0 Å². The lowest BCUT2D eigenvalue weighted by Gasteiger charge is -2.05. The van der Waals surface area contributed by atoms with E-state index >= 15 is 0 Å². The van der Waals surface area contributed by atoms with Gasteiger partial charge >= 0.3 is 0 Å². The number of aromatic nitrogens is 4. The molecule has 0 amide bonds. The molecule has 0 bridgehead atoms. The van der Waals surface area contributed by atoms with E-state index < -0.39 is 0 Å². The number of nitrogens with zero attached hydrogens (tertiary/aromatic N) is 4. The van der Waals surface area contributed by atoms with E-state index in [1.807, 2.05) is 6.07 Å². The molecular formula is C14H15ClN4O. The highest BCUT2D eigenvalue weighted by molar-refractivity contribution is 6.16. The van der Waals surface area contributed by atoms with Gasteiger partial charge in [0, 0.05) is 19.9 Å². The number of rotatable bonds is 4. The maximum absolute atomic E-state index is 6.01. The van der Waals surface area contributed by atoms with Crippen molar-refractivity contribution in [3.63, 3.8) is 0 Å². The summed E-state index contributed by atoms with van der Waals surface area (Å²) in [5.74, 6) is 2.55. The summed E-state index contributed by atoms with van der Waals surface area (Å²) < 4.78 is 7.11. The fraction of sp³-hybridized carbons (Fsp3) is 0.357. The monoisotopic (exact) mass is 290 g/mol. The molecule has 1 aromatic carbocycles. The highest BCUT2D eigenvalue weighted by Crippen LogP contribution is 2.21. The standard InChI is InChI=1S/C14H15ClN4O/c1-9-4-3-5-11-14(9)17-13(8-15)19(11)7-6-12-16-10(2)20-18-12/h3-5H,6-8H2,1-2H3. The first kappa shape index (κ1) is 13.1. The van der Waals surface area contributed by atoms with Crippen molar-refractivity contribution < 1.29 is 4.52 Å². The molecule has 20 heavy (non-hydrogen) atoms. The molecule has 0 atom stereocenters. The first-order chi connectivity index (χ1) is 9.69. The minimum Gasteiger partial charge on any atom is -0.340 e. The van der Waals surface area contributed by atoms with Crippen molar-refractivity contribution in [3.8, 4) is 0 Å². The summed E-state index contributed by atoms with van der Waals surface area (Å²) >= 11 is 6.01. The van der Waals surface area contributed by atoms with E-state index in [1.165, 1.54) is 0 Å². The first-order valence-electron chi connectivity index (χ1n) is 6.49. The van der Waals surface area contributed by atoms with Crippen LogP contribution in [0.15, 0.2) is 22.7 Å². The molecule has 2 aromatic heterocycles. The van der Waals surface area contributed by atoms with E-state index in [4.69, 9.17) is 16.1 Å². The Labute approximate surface area is 121 Å². The SMILES string of the molecule is Cc1nc(CCn2c(CCl)nc3c(C)cccc32)no1. The van der Waals surface area contributed by atoms with E-state index in [2.05, 4.69) is 38.7 Å². The molecule has 0 aliphatic carbocycles. The number of benzene rings is 1. The highest BCUT2D eigenvalue weighted by atomic mass is 35.5. The molecule has 0 saturated heterocycles. The van der Waals surface area contributed by atoms with E-state index in [9.17, 15) is 0 Å². The zero-order chi connectivity index (χ0) is 14.1. The molecule has 104 valence electrons. The predicted molar refractivity (Wildman–Crippen MR) is 76.8 cm³/mol. The molecule has 0 aliphatic heterocycles. The minimum absolute atomic E-state index is 0.388. The molecule has 0 saturated carbocycles. The molecule has 6 heteroatoms. The topological polar surface area (TPSA) is 56.7 Å². The molecule has 5 nitrogen and oxygen atoms in total. The number of hydrogen-bond donors (Lipinski definition) is 0. The predicted octanol–water partition coefficient (Wildman–Crippen LogP) is 3.02. The van der Waals surface area contributed by atoms with Gasteiger partial charge in [0.15, 0.2) is 5.82 Å². The normalized spacial score (nSPS) is 11.3. The third-order valence-corrected chi connectivity index (χ3v) is 3.55. The molecular weight excluding hydrogens is 276 g/mol. The molecule has 0 spiro atoms. The van der Waals surface area contributed by atoms with Gasteiger partial charge in [-0.15, -0.1) is 11.6 Å². The Morgan fingerprint density at radius 3 is 2.80 bits per heavy atom. The summed E-state index contributed by atoms with van der Waals surface area (Å²) in [6.45, 7) is 4.58. The summed E-state index contributed by atoms with van der Waals surface area (Å²) in [5.41, 5.74) is 3.26. The first-order valence-corrected chi connectivity index (χ1v) is 7.02. The quantitative estimate of drug-likeness (QED) is 0.693. The van der Waals surface area contributed by atoms with Crippen LogP contribution in [0.1, 0.15) is 23.1 Å². The lowest BCUT2D eigenvalue weighted by atomic mass is 10.2. The molecule has 0 N–H and O–H groups in total. The van der Waals surface area contributed by atoms with Gasteiger partial charge in [-0.2, -0.15) is 4.98 Å². The summed E-state index contributed by atoms with van der Waals surface area (Å²) in [5, 5.41) is 3.92.